The smallest absolute Gasteiger partial charge is 0.255 e. The maximum atomic E-state index is 14.1. The number of alkyl halides is 2. The molecule has 2 aromatic rings. The Morgan fingerprint density at radius 3 is 2.68 bits per heavy atom. The number of nitrogens with one attached hydrogen (secondary N) is 1. The minimum Gasteiger partial charge on any atom is -0.390 e. The Labute approximate surface area is 182 Å². The largest absolute Gasteiger partial charge is 0.390 e. The van der Waals surface area contributed by atoms with Crippen LogP contribution < -0.4 is 5.32 Å². The molecule has 0 radical (unpaired) electrons. The zero-order chi connectivity index (χ0) is 22.8. The standard InChI is InChI=1S/C20H20ClF3N2O4S/c21-15-9-14(5-6-16(15)23)25-20(28)12-3-4-13(10-22)19(8-12)31(29,30)26-7-1-2-18(27)17(24)11-26/h3-6,8-9,17-18,27H,1-2,7,10-11H2,(H,25,28). The van der Waals surface area contributed by atoms with Crippen molar-refractivity contribution in [3.8, 4) is 0 Å². The lowest BCUT2D eigenvalue weighted by molar-refractivity contribution is 0.0732. The molecule has 1 heterocycles. The summed E-state index contributed by atoms with van der Waals surface area (Å²) in [5.41, 5.74) is -0.0957. The Balaban J connectivity index is 1.92. The molecular weight excluding hydrogens is 457 g/mol. The lowest BCUT2D eigenvalue weighted by Crippen LogP contribution is -2.38. The highest BCUT2D eigenvalue weighted by atomic mass is 35.5. The van der Waals surface area contributed by atoms with E-state index < -0.39 is 52.1 Å². The molecule has 168 valence electrons. The maximum absolute atomic E-state index is 14.1. The van der Waals surface area contributed by atoms with E-state index in [0.717, 1.165) is 16.4 Å². The molecule has 1 aliphatic rings. The van der Waals surface area contributed by atoms with Crippen molar-refractivity contribution < 1.29 is 31.5 Å². The Kier molecular flexibility index (Phi) is 7.25. The molecule has 0 saturated carbocycles. The molecule has 1 saturated heterocycles. The van der Waals surface area contributed by atoms with E-state index in [1.165, 1.54) is 24.3 Å². The van der Waals surface area contributed by atoms with E-state index in [9.17, 15) is 31.5 Å². The summed E-state index contributed by atoms with van der Waals surface area (Å²) in [4.78, 5) is 12.1. The second-order valence-electron chi connectivity index (χ2n) is 7.13. The van der Waals surface area contributed by atoms with Crippen LogP contribution in [0.15, 0.2) is 41.3 Å². The Bertz CT molecular complexity index is 1080. The lowest BCUT2D eigenvalue weighted by Gasteiger charge is -2.23. The van der Waals surface area contributed by atoms with Crippen LogP contribution in [-0.4, -0.2) is 49.1 Å². The van der Waals surface area contributed by atoms with E-state index in [4.69, 9.17) is 11.6 Å². The summed E-state index contributed by atoms with van der Waals surface area (Å²) in [6, 6.07) is 6.95. The number of aliphatic hydroxyl groups excluding tert-OH is 1. The third-order valence-electron chi connectivity index (χ3n) is 4.97. The Morgan fingerprint density at radius 1 is 1.26 bits per heavy atom. The van der Waals surface area contributed by atoms with E-state index in [0.29, 0.717) is 0 Å². The van der Waals surface area contributed by atoms with Gasteiger partial charge in [-0.1, -0.05) is 17.7 Å². The fourth-order valence-corrected chi connectivity index (χ4v) is 5.14. The summed E-state index contributed by atoms with van der Waals surface area (Å²) in [5, 5.41) is 11.9. The van der Waals surface area contributed by atoms with E-state index in [-0.39, 0.29) is 41.2 Å². The van der Waals surface area contributed by atoms with Crippen LogP contribution in [0, 0.1) is 5.82 Å². The van der Waals surface area contributed by atoms with Gasteiger partial charge in [0.2, 0.25) is 10.0 Å². The fraction of sp³-hybridized carbons (Fsp3) is 0.350. The molecule has 2 atom stereocenters. The molecular formula is C20H20ClF3N2O4S. The van der Waals surface area contributed by atoms with Crippen LogP contribution in [0.25, 0.3) is 0 Å². The van der Waals surface area contributed by atoms with Crippen LogP contribution >= 0.6 is 11.6 Å². The van der Waals surface area contributed by atoms with Gasteiger partial charge in [-0.3, -0.25) is 4.79 Å². The van der Waals surface area contributed by atoms with Crippen molar-refractivity contribution in [2.45, 2.75) is 36.7 Å². The van der Waals surface area contributed by atoms with Crippen molar-refractivity contribution >= 4 is 33.2 Å². The number of anilines is 1. The highest BCUT2D eigenvalue weighted by molar-refractivity contribution is 7.89. The van der Waals surface area contributed by atoms with Gasteiger partial charge in [0.05, 0.1) is 16.0 Å². The molecule has 1 aliphatic heterocycles. The number of hydrogen-bond donors (Lipinski definition) is 2. The topological polar surface area (TPSA) is 86.7 Å². The van der Waals surface area contributed by atoms with Crippen LogP contribution in [0.1, 0.15) is 28.8 Å². The Hall–Kier alpha value is -2.14. The third-order valence-corrected chi connectivity index (χ3v) is 7.21. The predicted molar refractivity (Wildman–Crippen MR) is 110 cm³/mol. The number of nitrogens with zero attached hydrogens (tertiary/aromatic N) is 1. The van der Waals surface area contributed by atoms with Gasteiger partial charge in [-0.2, -0.15) is 4.31 Å². The first-order valence-electron chi connectivity index (χ1n) is 9.41. The number of amides is 1. The van der Waals surface area contributed by atoms with Gasteiger partial charge in [-0.05, 0) is 43.2 Å². The number of halogens is 4. The van der Waals surface area contributed by atoms with Crippen molar-refractivity contribution in [1.82, 2.24) is 4.31 Å². The predicted octanol–water partition coefficient (Wildman–Crippen LogP) is 3.68. The minimum absolute atomic E-state index is 0.0456. The fourth-order valence-electron chi connectivity index (χ4n) is 3.25. The van der Waals surface area contributed by atoms with Crippen LogP contribution in [0.5, 0.6) is 0 Å². The van der Waals surface area contributed by atoms with Gasteiger partial charge in [0, 0.05) is 29.9 Å². The number of carbonyl (C=O) groups is 1. The van der Waals surface area contributed by atoms with Crippen LogP contribution in [0.3, 0.4) is 0 Å². The molecule has 3 rings (SSSR count). The molecule has 31 heavy (non-hydrogen) atoms. The van der Waals surface area contributed by atoms with Crippen molar-refractivity contribution in [3.05, 3.63) is 58.4 Å². The number of benzene rings is 2. The number of sulfonamides is 1. The number of carbonyl (C=O) groups excluding carboxylic acids is 1. The quantitative estimate of drug-likeness (QED) is 0.689. The van der Waals surface area contributed by atoms with Crippen LogP contribution in [0.4, 0.5) is 18.9 Å². The average Bonchev–Trinajstić information content (AvgIpc) is 2.91. The molecule has 1 amide bonds. The van der Waals surface area contributed by atoms with Gasteiger partial charge in [0.1, 0.15) is 18.7 Å². The molecule has 1 fully saturated rings. The summed E-state index contributed by atoms with van der Waals surface area (Å²) in [5.74, 6) is -1.40. The van der Waals surface area contributed by atoms with Crippen LogP contribution in [-0.2, 0) is 16.7 Å². The van der Waals surface area contributed by atoms with E-state index in [2.05, 4.69) is 5.32 Å². The molecule has 2 N–H and O–H groups in total. The minimum atomic E-state index is -4.33. The summed E-state index contributed by atoms with van der Waals surface area (Å²) in [6.45, 7) is -1.73. The number of hydrogen-bond acceptors (Lipinski definition) is 4. The van der Waals surface area contributed by atoms with Crippen LogP contribution in [0.2, 0.25) is 5.02 Å². The second kappa shape index (κ2) is 9.56. The van der Waals surface area contributed by atoms with Gasteiger partial charge < -0.3 is 10.4 Å². The van der Waals surface area contributed by atoms with E-state index >= 15 is 0 Å². The van der Waals surface area contributed by atoms with Crippen molar-refractivity contribution in [2.24, 2.45) is 0 Å². The number of rotatable bonds is 5. The van der Waals surface area contributed by atoms with E-state index in [1.807, 2.05) is 0 Å². The van der Waals surface area contributed by atoms with Crippen molar-refractivity contribution in [1.29, 1.82) is 0 Å². The molecule has 0 aromatic heterocycles. The van der Waals surface area contributed by atoms with Gasteiger partial charge in [-0.15, -0.1) is 0 Å². The van der Waals surface area contributed by atoms with Crippen molar-refractivity contribution in [3.63, 3.8) is 0 Å². The molecule has 2 unspecified atom stereocenters. The Morgan fingerprint density at radius 2 is 2.00 bits per heavy atom. The summed E-state index contributed by atoms with van der Waals surface area (Å²) < 4.78 is 68.0. The monoisotopic (exact) mass is 476 g/mol. The molecule has 0 bridgehead atoms. The highest BCUT2D eigenvalue weighted by Crippen LogP contribution is 2.27. The normalized spacial score (nSPS) is 20.3. The third kappa shape index (κ3) is 5.20. The summed E-state index contributed by atoms with van der Waals surface area (Å²) in [7, 11) is -4.33. The zero-order valence-corrected chi connectivity index (χ0v) is 17.8. The summed E-state index contributed by atoms with van der Waals surface area (Å²) >= 11 is 5.69. The van der Waals surface area contributed by atoms with E-state index in [1.54, 1.807) is 0 Å². The molecule has 2 aromatic carbocycles. The first-order valence-corrected chi connectivity index (χ1v) is 11.2. The average molecular weight is 477 g/mol. The molecule has 6 nitrogen and oxygen atoms in total. The first kappa shape index (κ1) is 23.5. The SMILES string of the molecule is O=C(Nc1ccc(F)c(Cl)c1)c1ccc(CF)c(S(=O)(=O)N2CCCC(O)C(F)C2)c1. The van der Waals surface area contributed by atoms with Gasteiger partial charge in [0.15, 0.2) is 0 Å². The lowest BCUT2D eigenvalue weighted by atomic mass is 10.1. The molecule has 0 spiro atoms. The van der Waals surface area contributed by atoms with Gasteiger partial charge in [0.25, 0.3) is 5.91 Å². The van der Waals surface area contributed by atoms with Gasteiger partial charge in [-0.25, -0.2) is 21.6 Å². The molecule has 11 heteroatoms. The highest BCUT2D eigenvalue weighted by Gasteiger charge is 2.34. The maximum Gasteiger partial charge on any atom is 0.255 e. The second-order valence-corrected chi connectivity index (χ2v) is 9.44. The zero-order valence-electron chi connectivity index (χ0n) is 16.2. The molecule has 0 aliphatic carbocycles. The number of aliphatic hydroxyl groups is 1. The first-order chi connectivity index (χ1) is 14.6. The summed E-state index contributed by atoms with van der Waals surface area (Å²) in [6.07, 6.45) is -2.72. The van der Waals surface area contributed by atoms with Crippen molar-refractivity contribution in [2.75, 3.05) is 18.4 Å². The van der Waals surface area contributed by atoms with Gasteiger partial charge >= 0.3 is 0 Å².